The van der Waals surface area contributed by atoms with E-state index >= 15 is 0 Å². The molecule has 2 heteroatoms. The highest BCUT2D eigenvalue weighted by atomic mass is 19.1. The molecule has 1 nitrogen and oxygen atoms in total. The Bertz CT molecular complexity index is 232. The molecule has 0 spiro atoms. The van der Waals surface area contributed by atoms with Crippen molar-refractivity contribution >= 4 is 0 Å². The number of aromatic nitrogens is 1. The van der Waals surface area contributed by atoms with Gasteiger partial charge in [-0.05, 0) is 24.1 Å². The first-order chi connectivity index (χ1) is 4.43. The van der Waals surface area contributed by atoms with Crippen LogP contribution in [0.4, 0.5) is 4.39 Å². The fourth-order valence-corrected chi connectivity index (χ4v) is 0.442. The van der Waals surface area contributed by atoms with E-state index in [4.69, 9.17) is 0 Å². The topological polar surface area (TPSA) is 12.9 Å². The second kappa shape index (κ2) is 2.83. The molecule has 1 aromatic rings. The second-order valence-corrected chi connectivity index (χ2v) is 1.36. The standard InChI is InChI=1S/C7H3FN/c8-5-4-7-3-1-2-6-9-7/h2-3,6H. The van der Waals surface area contributed by atoms with Crippen molar-refractivity contribution in [2.75, 3.05) is 0 Å². The van der Waals surface area contributed by atoms with Gasteiger partial charge in [0, 0.05) is 6.20 Å². The van der Waals surface area contributed by atoms with Gasteiger partial charge in [-0.2, -0.15) is 0 Å². The molecule has 1 aromatic heterocycles. The molecule has 0 saturated heterocycles. The van der Waals surface area contributed by atoms with Crippen molar-refractivity contribution in [1.29, 1.82) is 0 Å². The molecule has 0 unspecified atom stereocenters. The van der Waals surface area contributed by atoms with Crippen LogP contribution in [-0.4, -0.2) is 4.98 Å². The van der Waals surface area contributed by atoms with Crippen LogP contribution in [0.25, 0.3) is 0 Å². The van der Waals surface area contributed by atoms with Gasteiger partial charge in [-0.15, -0.1) is 4.39 Å². The van der Waals surface area contributed by atoms with E-state index in [1.165, 1.54) is 18.4 Å². The summed E-state index contributed by atoms with van der Waals surface area (Å²) >= 11 is 0. The molecule has 0 aliphatic carbocycles. The van der Waals surface area contributed by atoms with Crippen LogP contribution in [0.15, 0.2) is 18.3 Å². The van der Waals surface area contributed by atoms with Crippen LogP contribution in [0.1, 0.15) is 5.69 Å². The minimum Gasteiger partial charge on any atom is -0.248 e. The van der Waals surface area contributed by atoms with Gasteiger partial charge in [0.1, 0.15) is 11.9 Å². The number of hydrogen-bond acceptors (Lipinski definition) is 1. The lowest BCUT2D eigenvalue weighted by atomic mass is 10.4. The molecule has 1 radical (unpaired) electrons. The number of nitrogens with zero attached hydrogens (tertiary/aromatic N) is 1. The molecule has 9 heavy (non-hydrogen) atoms. The Kier molecular flexibility index (Phi) is 1.81. The maximum atomic E-state index is 11.3. The van der Waals surface area contributed by atoms with Crippen LogP contribution in [-0.2, 0) is 0 Å². The van der Waals surface area contributed by atoms with Crippen molar-refractivity contribution in [2.24, 2.45) is 0 Å². The average molecular weight is 120 g/mol. The molecule has 0 aliphatic rings. The van der Waals surface area contributed by atoms with Crippen LogP contribution in [0.5, 0.6) is 0 Å². The molecular weight excluding hydrogens is 117 g/mol. The molecule has 0 N–H and O–H groups in total. The lowest BCUT2D eigenvalue weighted by Gasteiger charge is -1.81. The Hall–Kier alpha value is -1.36. The molecular formula is C7H3FN. The van der Waals surface area contributed by atoms with Gasteiger partial charge in [0.05, 0.1) is 0 Å². The van der Waals surface area contributed by atoms with Crippen molar-refractivity contribution in [1.82, 2.24) is 4.98 Å². The Labute approximate surface area is 52.5 Å². The SMILES string of the molecule is FC#Cc1c[c]ccn1. The fraction of sp³-hybridized carbons (Fsp3) is 0. The molecule has 0 saturated carbocycles. The summed E-state index contributed by atoms with van der Waals surface area (Å²) in [5.74, 6) is 2.15. The lowest BCUT2D eigenvalue weighted by Crippen LogP contribution is -1.76. The van der Waals surface area contributed by atoms with Gasteiger partial charge in [-0.3, -0.25) is 0 Å². The quantitative estimate of drug-likeness (QED) is 0.468. The minimum absolute atomic E-state index is 0.403. The number of hydrogen-bond donors (Lipinski definition) is 0. The summed E-state index contributed by atoms with van der Waals surface area (Å²) in [5.41, 5.74) is 0.403. The zero-order valence-electron chi connectivity index (χ0n) is 4.56. The van der Waals surface area contributed by atoms with Gasteiger partial charge < -0.3 is 0 Å². The van der Waals surface area contributed by atoms with Crippen LogP contribution in [0.2, 0.25) is 0 Å². The summed E-state index contributed by atoms with van der Waals surface area (Å²) in [6.07, 6.45) is 2.77. The van der Waals surface area contributed by atoms with E-state index in [1.807, 2.05) is 0 Å². The Morgan fingerprint density at radius 2 is 2.56 bits per heavy atom. The van der Waals surface area contributed by atoms with Crippen LogP contribution in [0, 0.1) is 18.2 Å². The van der Waals surface area contributed by atoms with Gasteiger partial charge in [-0.1, -0.05) is 0 Å². The molecule has 0 atom stereocenters. The Morgan fingerprint density at radius 1 is 1.67 bits per heavy atom. The largest absolute Gasteiger partial charge is 0.248 e. The van der Waals surface area contributed by atoms with Crippen molar-refractivity contribution in [3.8, 4) is 12.1 Å². The smallest absolute Gasteiger partial charge is 0.116 e. The minimum atomic E-state index is 0.403. The summed E-state index contributed by atoms with van der Waals surface area (Å²) in [7, 11) is 0. The third-order valence-corrected chi connectivity index (χ3v) is 0.780. The predicted octanol–water partition coefficient (Wildman–Crippen LogP) is 1.16. The molecule has 0 amide bonds. The molecule has 1 rings (SSSR count). The summed E-state index contributed by atoms with van der Waals surface area (Å²) in [6.45, 7) is 0. The normalized spacial score (nSPS) is 7.67. The van der Waals surface area contributed by atoms with Gasteiger partial charge in [-0.25, -0.2) is 4.98 Å². The van der Waals surface area contributed by atoms with Gasteiger partial charge >= 0.3 is 0 Å². The Morgan fingerprint density at radius 3 is 3.11 bits per heavy atom. The van der Waals surface area contributed by atoms with Crippen LogP contribution in [0.3, 0.4) is 0 Å². The predicted molar refractivity (Wildman–Crippen MR) is 31.1 cm³/mol. The maximum absolute atomic E-state index is 11.3. The number of halogens is 1. The highest BCUT2D eigenvalue weighted by molar-refractivity contribution is 5.23. The second-order valence-electron chi connectivity index (χ2n) is 1.36. The summed E-state index contributed by atoms with van der Waals surface area (Å²) in [5, 5.41) is 0. The molecule has 0 fully saturated rings. The van der Waals surface area contributed by atoms with E-state index in [0.29, 0.717) is 5.69 Å². The van der Waals surface area contributed by atoms with E-state index in [0.717, 1.165) is 0 Å². The van der Waals surface area contributed by atoms with E-state index < -0.39 is 0 Å². The first-order valence-electron chi connectivity index (χ1n) is 2.37. The van der Waals surface area contributed by atoms with Crippen LogP contribution < -0.4 is 0 Å². The molecule has 0 aliphatic heterocycles. The maximum Gasteiger partial charge on any atom is 0.116 e. The van der Waals surface area contributed by atoms with Crippen molar-refractivity contribution < 1.29 is 4.39 Å². The summed E-state index contributed by atoms with van der Waals surface area (Å²) in [4.78, 5) is 3.72. The van der Waals surface area contributed by atoms with Gasteiger partial charge in [0.15, 0.2) is 0 Å². The Balaban J connectivity index is 2.94. The lowest BCUT2D eigenvalue weighted by molar-refractivity contribution is 0.773. The number of pyridine rings is 1. The van der Waals surface area contributed by atoms with Crippen molar-refractivity contribution in [2.45, 2.75) is 0 Å². The summed E-state index contributed by atoms with van der Waals surface area (Å²) < 4.78 is 11.3. The van der Waals surface area contributed by atoms with Gasteiger partial charge in [0.25, 0.3) is 0 Å². The zero-order chi connectivity index (χ0) is 6.53. The molecule has 0 aromatic carbocycles. The molecule has 43 valence electrons. The highest BCUT2D eigenvalue weighted by Gasteiger charge is 1.80. The average Bonchev–Trinajstić information content (AvgIpc) is 1.91. The first-order valence-corrected chi connectivity index (χ1v) is 2.37. The highest BCUT2D eigenvalue weighted by Crippen LogP contribution is 1.87. The van der Waals surface area contributed by atoms with Crippen molar-refractivity contribution in [3.05, 3.63) is 30.1 Å². The first kappa shape index (κ1) is 5.77. The third kappa shape index (κ3) is 1.54. The molecule has 0 bridgehead atoms. The van der Waals surface area contributed by atoms with Crippen LogP contribution >= 0.6 is 0 Å². The third-order valence-electron chi connectivity index (χ3n) is 0.780. The fourth-order valence-electron chi connectivity index (χ4n) is 0.442. The monoisotopic (exact) mass is 120 g/mol. The number of rotatable bonds is 0. The van der Waals surface area contributed by atoms with E-state index in [9.17, 15) is 4.39 Å². The zero-order valence-corrected chi connectivity index (χ0v) is 4.56. The van der Waals surface area contributed by atoms with E-state index in [2.05, 4.69) is 17.0 Å². The van der Waals surface area contributed by atoms with E-state index in [-0.39, 0.29) is 0 Å². The van der Waals surface area contributed by atoms with Crippen molar-refractivity contribution in [3.63, 3.8) is 0 Å². The van der Waals surface area contributed by atoms with Gasteiger partial charge in [0.2, 0.25) is 0 Å². The summed E-state index contributed by atoms with van der Waals surface area (Å²) in [6, 6.07) is 5.86. The van der Waals surface area contributed by atoms with E-state index in [1.54, 1.807) is 6.07 Å². The molecule has 1 heterocycles.